The maximum Gasteiger partial charge on any atom is 0.255 e. The van der Waals surface area contributed by atoms with Crippen molar-refractivity contribution < 1.29 is 13.2 Å². The monoisotopic (exact) mass is 330 g/mol. The van der Waals surface area contributed by atoms with Gasteiger partial charge in [0.25, 0.3) is 5.91 Å². The molecule has 0 bridgehead atoms. The van der Waals surface area contributed by atoms with Crippen molar-refractivity contribution in [1.29, 1.82) is 0 Å². The molecule has 1 aromatic carbocycles. The molecule has 7 heteroatoms. The first-order valence-corrected chi connectivity index (χ1v) is 8.96. The molecule has 1 aromatic rings. The lowest BCUT2D eigenvalue weighted by Crippen LogP contribution is -2.33. The normalized spacial score (nSPS) is 18.2. The molecule has 1 amide bonds. The van der Waals surface area contributed by atoms with E-state index in [1.807, 2.05) is 0 Å². The van der Waals surface area contributed by atoms with Gasteiger partial charge in [0.1, 0.15) is 9.84 Å². The number of hydrogen-bond acceptors (Lipinski definition) is 4. The first-order valence-electron chi connectivity index (χ1n) is 6.77. The van der Waals surface area contributed by atoms with E-state index in [0.717, 1.165) is 0 Å². The van der Waals surface area contributed by atoms with Gasteiger partial charge >= 0.3 is 0 Å². The molecule has 0 spiro atoms. The maximum atomic E-state index is 12.2. The number of amides is 1. The SMILES string of the molecule is CN(C)C(=O)c1ccc(Cl)cc1NC1CCS(=O)(=O)CC1. The number of carbonyl (C=O) groups is 1. The van der Waals surface area contributed by atoms with Gasteiger partial charge in [-0.3, -0.25) is 4.79 Å². The van der Waals surface area contributed by atoms with Crippen LogP contribution in [0.5, 0.6) is 0 Å². The van der Waals surface area contributed by atoms with Gasteiger partial charge in [-0.1, -0.05) is 11.6 Å². The summed E-state index contributed by atoms with van der Waals surface area (Å²) in [5, 5.41) is 3.81. The molecule has 116 valence electrons. The zero-order valence-corrected chi connectivity index (χ0v) is 13.7. The Morgan fingerprint density at radius 2 is 1.90 bits per heavy atom. The molecule has 1 fully saturated rings. The molecule has 1 aliphatic heterocycles. The van der Waals surface area contributed by atoms with Gasteiger partial charge in [0.05, 0.1) is 17.1 Å². The van der Waals surface area contributed by atoms with Crippen LogP contribution in [-0.4, -0.2) is 50.9 Å². The second-order valence-electron chi connectivity index (χ2n) is 5.46. The van der Waals surface area contributed by atoms with Gasteiger partial charge in [-0.25, -0.2) is 8.42 Å². The highest BCUT2D eigenvalue weighted by atomic mass is 35.5. The molecule has 0 aliphatic carbocycles. The van der Waals surface area contributed by atoms with Crippen LogP contribution in [0.1, 0.15) is 23.2 Å². The van der Waals surface area contributed by atoms with Crippen molar-refractivity contribution in [2.45, 2.75) is 18.9 Å². The van der Waals surface area contributed by atoms with Crippen LogP contribution in [0.25, 0.3) is 0 Å². The third kappa shape index (κ3) is 4.11. The maximum absolute atomic E-state index is 12.2. The zero-order chi connectivity index (χ0) is 15.6. The number of halogens is 1. The third-order valence-corrected chi connectivity index (χ3v) is 5.48. The van der Waals surface area contributed by atoms with Crippen LogP contribution in [0.15, 0.2) is 18.2 Å². The highest BCUT2D eigenvalue weighted by Crippen LogP contribution is 2.25. The number of nitrogens with zero attached hydrogens (tertiary/aromatic N) is 1. The number of sulfone groups is 1. The van der Waals surface area contributed by atoms with Gasteiger partial charge in [-0.05, 0) is 31.0 Å². The van der Waals surface area contributed by atoms with E-state index < -0.39 is 9.84 Å². The smallest absolute Gasteiger partial charge is 0.255 e. The minimum Gasteiger partial charge on any atom is -0.382 e. The van der Waals surface area contributed by atoms with Gasteiger partial charge in [0.2, 0.25) is 0 Å². The fourth-order valence-corrected chi connectivity index (χ4v) is 3.98. The van der Waals surface area contributed by atoms with Gasteiger partial charge in [0, 0.05) is 30.8 Å². The molecular formula is C14H19ClN2O3S. The van der Waals surface area contributed by atoms with Crippen LogP contribution in [0, 0.1) is 0 Å². The minimum atomic E-state index is -2.90. The van der Waals surface area contributed by atoms with Crippen LogP contribution in [0.4, 0.5) is 5.69 Å². The molecule has 21 heavy (non-hydrogen) atoms. The first kappa shape index (κ1) is 16.1. The van der Waals surface area contributed by atoms with E-state index in [1.165, 1.54) is 4.90 Å². The van der Waals surface area contributed by atoms with Crippen molar-refractivity contribution in [2.24, 2.45) is 0 Å². The molecule has 0 unspecified atom stereocenters. The van der Waals surface area contributed by atoms with Crippen molar-refractivity contribution in [3.63, 3.8) is 0 Å². The summed E-state index contributed by atoms with van der Waals surface area (Å²) < 4.78 is 22.9. The lowest BCUT2D eigenvalue weighted by molar-refractivity contribution is 0.0828. The Hall–Kier alpha value is -1.27. The first-order chi connectivity index (χ1) is 9.78. The number of anilines is 1. The lowest BCUT2D eigenvalue weighted by atomic mass is 10.1. The molecule has 1 aliphatic rings. The molecule has 1 N–H and O–H groups in total. The van der Waals surface area contributed by atoms with Gasteiger partial charge in [-0.15, -0.1) is 0 Å². The van der Waals surface area contributed by atoms with E-state index in [-0.39, 0.29) is 23.5 Å². The van der Waals surface area contributed by atoms with Crippen molar-refractivity contribution in [3.05, 3.63) is 28.8 Å². The molecular weight excluding hydrogens is 312 g/mol. The molecule has 0 atom stereocenters. The average Bonchev–Trinajstić information content (AvgIpc) is 2.40. The highest BCUT2D eigenvalue weighted by molar-refractivity contribution is 7.91. The standard InChI is InChI=1S/C14H19ClN2O3S/c1-17(2)14(18)12-4-3-10(15)9-13(12)16-11-5-7-21(19,20)8-6-11/h3-4,9,11,16H,5-8H2,1-2H3. The van der Waals surface area contributed by atoms with Crippen molar-refractivity contribution in [2.75, 3.05) is 30.9 Å². The molecule has 0 radical (unpaired) electrons. The Morgan fingerprint density at radius 1 is 1.29 bits per heavy atom. The number of nitrogens with one attached hydrogen (secondary N) is 1. The molecule has 5 nitrogen and oxygen atoms in total. The van der Waals surface area contributed by atoms with Crippen molar-refractivity contribution in [1.82, 2.24) is 4.90 Å². The van der Waals surface area contributed by atoms with Gasteiger partial charge < -0.3 is 10.2 Å². The Balaban J connectivity index is 2.19. The molecule has 1 heterocycles. The fourth-order valence-electron chi connectivity index (χ4n) is 2.32. The summed E-state index contributed by atoms with van der Waals surface area (Å²) >= 11 is 6.00. The predicted molar refractivity (Wildman–Crippen MR) is 84.8 cm³/mol. The van der Waals surface area contributed by atoms with Crippen LogP contribution in [0.3, 0.4) is 0 Å². The summed E-state index contributed by atoms with van der Waals surface area (Å²) in [5.74, 6) is 0.252. The van der Waals surface area contributed by atoms with Crippen LogP contribution in [-0.2, 0) is 9.84 Å². The summed E-state index contributed by atoms with van der Waals surface area (Å²) in [7, 11) is 0.480. The molecule has 2 rings (SSSR count). The van der Waals surface area contributed by atoms with Crippen LogP contribution >= 0.6 is 11.6 Å². The third-order valence-electron chi connectivity index (χ3n) is 3.53. The molecule has 0 saturated carbocycles. The van der Waals surface area contributed by atoms with Crippen molar-refractivity contribution in [3.8, 4) is 0 Å². The Morgan fingerprint density at radius 3 is 2.48 bits per heavy atom. The fraction of sp³-hybridized carbons (Fsp3) is 0.500. The van der Waals surface area contributed by atoms with E-state index in [9.17, 15) is 13.2 Å². The second kappa shape index (κ2) is 6.23. The second-order valence-corrected chi connectivity index (χ2v) is 8.20. The highest BCUT2D eigenvalue weighted by Gasteiger charge is 2.24. The molecule has 1 saturated heterocycles. The van der Waals surface area contributed by atoms with Crippen LogP contribution in [0.2, 0.25) is 5.02 Å². The Bertz CT molecular complexity index is 630. The molecule has 0 aromatic heterocycles. The van der Waals surface area contributed by atoms with Gasteiger partial charge in [-0.2, -0.15) is 0 Å². The summed E-state index contributed by atoms with van der Waals surface area (Å²) in [5.41, 5.74) is 1.20. The van der Waals surface area contributed by atoms with Gasteiger partial charge in [0.15, 0.2) is 0 Å². The largest absolute Gasteiger partial charge is 0.382 e. The van der Waals surface area contributed by atoms with E-state index in [0.29, 0.717) is 29.1 Å². The van der Waals surface area contributed by atoms with Crippen LogP contribution < -0.4 is 5.32 Å². The summed E-state index contributed by atoms with van der Waals surface area (Å²) in [6, 6.07) is 5.11. The number of carbonyl (C=O) groups excluding carboxylic acids is 1. The lowest BCUT2D eigenvalue weighted by Gasteiger charge is -2.25. The van der Waals surface area contributed by atoms with E-state index >= 15 is 0 Å². The quantitative estimate of drug-likeness (QED) is 0.921. The Labute approximate surface area is 130 Å². The number of rotatable bonds is 3. The summed E-state index contributed by atoms with van der Waals surface area (Å²) in [6.07, 6.45) is 1.09. The summed E-state index contributed by atoms with van der Waals surface area (Å²) in [6.45, 7) is 0. The zero-order valence-electron chi connectivity index (χ0n) is 12.1. The van der Waals surface area contributed by atoms with E-state index in [2.05, 4.69) is 5.32 Å². The minimum absolute atomic E-state index is 0.0423. The topological polar surface area (TPSA) is 66.5 Å². The number of benzene rings is 1. The van der Waals surface area contributed by atoms with E-state index in [1.54, 1.807) is 32.3 Å². The predicted octanol–water partition coefficient (Wildman–Crippen LogP) is 2.03. The Kier molecular flexibility index (Phi) is 4.78. The summed E-state index contributed by atoms with van der Waals surface area (Å²) in [4.78, 5) is 13.7. The van der Waals surface area contributed by atoms with Crippen molar-refractivity contribution >= 4 is 33.0 Å². The van der Waals surface area contributed by atoms with E-state index in [4.69, 9.17) is 11.6 Å². The average molecular weight is 331 g/mol. The number of hydrogen-bond donors (Lipinski definition) is 1.